The molecule has 5 aromatic carbocycles. The Kier molecular flexibility index (Phi) is 6.07. The van der Waals surface area contributed by atoms with Crippen LogP contribution in [0.1, 0.15) is 45.7 Å². The summed E-state index contributed by atoms with van der Waals surface area (Å²) in [6.45, 7) is 0. The van der Waals surface area contributed by atoms with Crippen LogP contribution in [0.3, 0.4) is 0 Å². The highest BCUT2D eigenvalue weighted by Gasteiger charge is 2.88. The molecule has 2 amide bonds. The number of carbonyl (C=O) groups is 2. The van der Waals surface area contributed by atoms with Gasteiger partial charge in [0.05, 0.1) is 17.3 Å². The third-order valence-corrected chi connectivity index (χ3v) is 11.1. The SMILES string of the molecule is O=C1N(c2cc(Cl)cc(Cl)c2)C(=O)C23C4c5ccccc5C(c5ccccc54)C12ON(c1ccccc1)C3c1ccc(Cl)cc1Cl. The molecular formula is C37H22Cl4N2O3. The first-order valence-corrected chi connectivity index (χ1v) is 16.3. The van der Waals surface area contributed by atoms with Gasteiger partial charge in [-0.3, -0.25) is 14.4 Å². The van der Waals surface area contributed by atoms with Crippen molar-refractivity contribution in [2.75, 3.05) is 9.96 Å². The second kappa shape index (κ2) is 9.83. The summed E-state index contributed by atoms with van der Waals surface area (Å²) in [5, 5.41) is 3.14. The van der Waals surface area contributed by atoms with Gasteiger partial charge in [0, 0.05) is 26.0 Å². The number of nitrogens with zero attached hydrogens (tertiary/aromatic N) is 2. The summed E-state index contributed by atoms with van der Waals surface area (Å²) >= 11 is 26.4. The number of hydrogen-bond donors (Lipinski definition) is 0. The van der Waals surface area contributed by atoms with E-state index in [1.807, 2.05) is 72.8 Å². The Hall–Kier alpha value is -3.84. The zero-order valence-corrected chi connectivity index (χ0v) is 26.9. The Labute approximate surface area is 284 Å². The lowest BCUT2D eigenvalue weighted by Gasteiger charge is -2.55. The van der Waals surface area contributed by atoms with Gasteiger partial charge in [-0.25, -0.2) is 9.96 Å². The van der Waals surface area contributed by atoms with Crippen LogP contribution in [-0.4, -0.2) is 17.4 Å². The number of benzene rings is 5. The van der Waals surface area contributed by atoms with Gasteiger partial charge >= 0.3 is 0 Å². The summed E-state index contributed by atoms with van der Waals surface area (Å²) in [4.78, 5) is 39.7. The molecule has 3 unspecified atom stereocenters. The number of rotatable bonds is 3. The molecule has 2 fully saturated rings. The Morgan fingerprint density at radius 3 is 1.70 bits per heavy atom. The fourth-order valence-electron chi connectivity index (χ4n) is 8.63. The number of para-hydroxylation sites is 1. The Morgan fingerprint density at radius 1 is 0.543 bits per heavy atom. The predicted octanol–water partition coefficient (Wildman–Crippen LogP) is 9.38. The number of amides is 2. The van der Waals surface area contributed by atoms with Gasteiger partial charge in [0.1, 0.15) is 11.5 Å². The fourth-order valence-corrected chi connectivity index (χ4v) is 9.66. The lowest BCUT2D eigenvalue weighted by Crippen LogP contribution is -2.63. The van der Waals surface area contributed by atoms with Crippen LogP contribution in [0.4, 0.5) is 11.4 Å². The van der Waals surface area contributed by atoms with Gasteiger partial charge < -0.3 is 0 Å². The molecule has 2 aliphatic heterocycles. The molecule has 5 aliphatic rings. The lowest BCUT2D eigenvalue weighted by atomic mass is 9.43. The third-order valence-electron chi connectivity index (χ3n) is 10.1. The van der Waals surface area contributed by atoms with Crippen LogP contribution in [0.5, 0.6) is 0 Å². The van der Waals surface area contributed by atoms with E-state index in [-0.39, 0.29) is 5.69 Å². The van der Waals surface area contributed by atoms with Gasteiger partial charge in [-0.2, -0.15) is 0 Å². The van der Waals surface area contributed by atoms with Gasteiger partial charge in [-0.1, -0.05) is 119 Å². The van der Waals surface area contributed by atoms with Crippen molar-refractivity contribution in [1.82, 2.24) is 0 Å². The lowest BCUT2D eigenvalue weighted by molar-refractivity contribution is -0.153. The molecule has 0 aromatic heterocycles. The molecule has 9 heteroatoms. The molecule has 0 spiro atoms. The van der Waals surface area contributed by atoms with Crippen molar-refractivity contribution in [3.05, 3.63) is 163 Å². The molecule has 226 valence electrons. The minimum Gasteiger partial charge on any atom is -0.273 e. The fraction of sp³-hybridized carbons (Fsp3) is 0.135. The van der Waals surface area contributed by atoms with E-state index < -0.39 is 40.7 Å². The summed E-state index contributed by atoms with van der Waals surface area (Å²) in [5.74, 6) is -2.09. The molecule has 5 nitrogen and oxygen atoms in total. The number of carbonyl (C=O) groups excluding carboxylic acids is 2. The Bertz CT molecular complexity index is 2070. The van der Waals surface area contributed by atoms with Gasteiger partial charge in [-0.15, -0.1) is 0 Å². The van der Waals surface area contributed by atoms with Crippen LogP contribution >= 0.6 is 46.4 Å². The van der Waals surface area contributed by atoms with E-state index in [2.05, 4.69) is 12.1 Å². The summed E-state index contributed by atoms with van der Waals surface area (Å²) in [6.07, 6.45) is 0. The maximum Gasteiger partial charge on any atom is 0.271 e. The molecule has 46 heavy (non-hydrogen) atoms. The molecule has 2 saturated heterocycles. The standard InChI is InChI=1S/C37H22Cl4N2O3/c38-20-14-15-29(30(41)19-20)33-36-31-25-10-4-6-12-27(25)32(28-13-7-5-11-26(28)31)37(36,46-43(33)23-8-2-1-3-9-23)35(45)42(34(36)44)24-17-21(39)16-22(40)18-24/h1-19,31-33H. The van der Waals surface area contributed by atoms with Crippen molar-refractivity contribution < 1.29 is 14.4 Å². The second-order valence-electron chi connectivity index (χ2n) is 12.1. The van der Waals surface area contributed by atoms with Gasteiger partial charge in [0.25, 0.3) is 5.91 Å². The molecular weight excluding hydrogens is 662 g/mol. The number of imide groups is 1. The minimum atomic E-state index is -1.70. The number of halogens is 4. The number of hydroxylamine groups is 1. The maximum atomic E-state index is 15.8. The van der Waals surface area contributed by atoms with Crippen molar-refractivity contribution in [2.24, 2.45) is 5.41 Å². The third kappa shape index (κ3) is 3.37. The topological polar surface area (TPSA) is 49.9 Å². The van der Waals surface area contributed by atoms with E-state index in [1.54, 1.807) is 35.4 Å². The van der Waals surface area contributed by atoms with E-state index in [0.717, 1.165) is 22.3 Å². The number of anilines is 2. The highest BCUT2D eigenvalue weighted by molar-refractivity contribution is 6.37. The van der Waals surface area contributed by atoms with Crippen LogP contribution in [-0.2, 0) is 14.4 Å². The quantitative estimate of drug-likeness (QED) is 0.178. The van der Waals surface area contributed by atoms with E-state index in [0.29, 0.717) is 31.3 Å². The van der Waals surface area contributed by atoms with E-state index in [1.165, 1.54) is 4.90 Å². The molecule has 2 bridgehead atoms. The van der Waals surface area contributed by atoms with Crippen LogP contribution in [0.15, 0.2) is 115 Å². The van der Waals surface area contributed by atoms with E-state index in [9.17, 15) is 0 Å². The largest absolute Gasteiger partial charge is 0.273 e. The molecule has 0 radical (unpaired) electrons. The predicted molar refractivity (Wildman–Crippen MR) is 180 cm³/mol. The molecule has 3 atom stereocenters. The molecule has 0 saturated carbocycles. The molecule has 2 heterocycles. The van der Waals surface area contributed by atoms with E-state index >= 15 is 9.59 Å². The Balaban J connectivity index is 1.44. The summed E-state index contributed by atoms with van der Waals surface area (Å²) in [7, 11) is 0. The summed E-state index contributed by atoms with van der Waals surface area (Å²) in [6, 6.07) is 34.7. The second-order valence-corrected chi connectivity index (χ2v) is 13.8. The molecule has 0 N–H and O–H groups in total. The Morgan fingerprint density at radius 2 is 1.11 bits per heavy atom. The van der Waals surface area contributed by atoms with Crippen LogP contribution in [0.25, 0.3) is 0 Å². The van der Waals surface area contributed by atoms with Crippen molar-refractivity contribution in [2.45, 2.75) is 23.5 Å². The number of hydrogen-bond acceptors (Lipinski definition) is 4. The monoisotopic (exact) mass is 682 g/mol. The minimum absolute atomic E-state index is 0.283. The first kappa shape index (κ1) is 28.4. The zero-order valence-electron chi connectivity index (χ0n) is 23.8. The van der Waals surface area contributed by atoms with Crippen molar-refractivity contribution in [1.29, 1.82) is 0 Å². The first-order valence-electron chi connectivity index (χ1n) is 14.8. The van der Waals surface area contributed by atoms with Gasteiger partial charge in [0.15, 0.2) is 0 Å². The molecule has 10 rings (SSSR count). The van der Waals surface area contributed by atoms with Gasteiger partial charge in [-0.05, 0) is 70.3 Å². The summed E-state index contributed by atoms with van der Waals surface area (Å²) < 4.78 is 0. The maximum absolute atomic E-state index is 15.8. The molecule has 3 aliphatic carbocycles. The summed E-state index contributed by atoms with van der Waals surface area (Å²) in [5.41, 5.74) is 2.21. The van der Waals surface area contributed by atoms with Crippen LogP contribution in [0, 0.1) is 5.41 Å². The van der Waals surface area contributed by atoms with Crippen LogP contribution < -0.4 is 9.96 Å². The highest BCUT2D eigenvalue weighted by atomic mass is 35.5. The average molecular weight is 684 g/mol. The van der Waals surface area contributed by atoms with Crippen molar-refractivity contribution >= 4 is 69.6 Å². The normalized spacial score (nSPS) is 27.0. The van der Waals surface area contributed by atoms with Gasteiger partial charge in [0.2, 0.25) is 11.5 Å². The zero-order chi connectivity index (χ0) is 31.5. The van der Waals surface area contributed by atoms with E-state index in [4.69, 9.17) is 51.2 Å². The molecule has 5 aromatic rings. The van der Waals surface area contributed by atoms with Crippen LogP contribution in [0.2, 0.25) is 20.1 Å². The van der Waals surface area contributed by atoms with Crippen molar-refractivity contribution in [3.8, 4) is 0 Å². The smallest absolute Gasteiger partial charge is 0.271 e. The average Bonchev–Trinajstić information content (AvgIpc) is 3.48. The highest BCUT2D eigenvalue weighted by Crippen LogP contribution is 2.78. The first-order chi connectivity index (χ1) is 22.3. The van der Waals surface area contributed by atoms with Crippen molar-refractivity contribution in [3.63, 3.8) is 0 Å².